The van der Waals surface area contributed by atoms with E-state index in [1.54, 1.807) is 36.1 Å². The van der Waals surface area contributed by atoms with E-state index in [2.05, 4.69) is 0 Å². The van der Waals surface area contributed by atoms with Gasteiger partial charge in [-0.3, -0.25) is 9.59 Å². The Labute approximate surface area is 122 Å². The molecule has 1 saturated heterocycles. The number of likely N-dealkylation sites (tertiary alicyclic amines) is 1. The first-order valence-electron chi connectivity index (χ1n) is 6.68. The molecule has 1 aromatic carbocycles. The fraction of sp³-hybridized carbons (Fsp3) is 0.400. The topological polar surface area (TPSA) is 90.6 Å². The summed E-state index contributed by atoms with van der Waals surface area (Å²) in [5, 5.41) is 17.7. The monoisotopic (exact) mass is 288 g/mol. The second-order valence-corrected chi connectivity index (χ2v) is 4.99. The second-order valence-electron chi connectivity index (χ2n) is 4.99. The molecule has 0 aliphatic carbocycles. The van der Waals surface area contributed by atoms with Crippen molar-refractivity contribution in [3.05, 3.63) is 29.8 Å². The molecule has 21 heavy (non-hydrogen) atoms. The van der Waals surface area contributed by atoms with Crippen LogP contribution in [0, 0.1) is 17.2 Å². The van der Waals surface area contributed by atoms with Gasteiger partial charge in [0.05, 0.1) is 17.6 Å². The predicted octanol–water partition coefficient (Wildman–Crippen LogP) is 1.26. The Balaban J connectivity index is 1.90. The van der Waals surface area contributed by atoms with E-state index in [1.807, 2.05) is 6.07 Å². The highest BCUT2D eigenvalue weighted by Crippen LogP contribution is 2.24. The number of rotatable bonds is 4. The van der Waals surface area contributed by atoms with E-state index in [0.29, 0.717) is 24.3 Å². The summed E-state index contributed by atoms with van der Waals surface area (Å²) in [4.78, 5) is 24.6. The Hall–Kier alpha value is -2.55. The molecule has 1 heterocycles. The molecule has 0 spiro atoms. The van der Waals surface area contributed by atoms with E-state index in [4.69, 9.17) is 15.1 Å². The minimum Gasteiger partial charge on any atom is -0.484 e. The normalized spacial score (nSPS) is 20.9. The van der Waals surface area contributed by atoms with Gasteiger partial charge in [0.15, 0.2) is 6.61 Å². The molecule has 1 aliphatic heterocycles. The lowest BCUT2D eigenvalue weighted by molar-refractivity contribution is -0.143. The van der Waals surface area contributed by atoms with Crippen molar-refractivity contribution in [2.45, 2.75) is 19.4 Å². The summed E-state index contributed by atoms with van der Waals surface area (Å²) in [5.41, 5.74) is 0.520. The molecule has 1 amide bonds. The van der Waals surface area contributed by atoms with E-state index < -0.39 is 11.9 Å². The number of amides is 1. The smallest absolute Gasteiger partial charge is 0.308 e. The molecule has 2 unspecified atom stereocenters. The van der Waals surface area contributed by atoms with Gasteiger partial charge in [0.1, 0.15) is 5.75 Å². The number of nitrogens with zero attached hydrogens (tertiary/aromatic N) is 2. The van der Waals surface area contributed by atoms with Crippen molar-refractivity contribution in [1.82, 2.24) is 4.90 Å². The number of ether oxygens (including phenoxy) is 1. The van der Waals surface area contributed by atoms with Crippen molar-refractivity contribution in [2.75, 3.05) is 13.2 Å². The summed E-state index contributed by atoms with van der Waals surface area (Å²) < 4.78 is 5.38. The van der Waals surface area contributed by atoms with Gasteiger partial charge < -0.3 is 14.7 Å². The number of nitriles is 1. The molecule has 1 fully saturated rings. The first-order valence-corrected chi connectivity index (χ1v) is 6.68. The fourth-order valence-corrected chi connectivity index (χ4v) is 2.48. The Kier molecular flexibility index (Phi) is 4.43. The average molecular weight is 288 g/mol. The van der Waals surface area contributed by atoms with Crippen LogP contribution < -0.4 is 4.74 Å². The molecule has 2 rings (SSSR count). The SMILES string of the molecule is CC1C(C(=O)O)CCN1C(=O)COc1ccc(C#N)cc1. The van der Waals surface area contributed by atoms with E-state index in [-0.39, 0.29) is 18.6 Å². The van der Waals surface area contributed by atoms with Gasteiger partial charge in [-0.25, -0.2) is 0 Å². The van der Waals surface area contributed by atoms with E-state index in [9.17, 15) is 9.59 Å². The number of carbonyl (C=O) groups is 2. The van der Waals surface area contributed by atoms with Crippen LogP contribution in [0.3, 0.4) is 0 Å². The van der Waals surface area contributed by atoms with Crippen LogP contribution in [0.15, 0.2) is 24.3 Å². The number of carbonyl (C=O) groups excluding carboxylic acids is 1. The van der Waals surface area contributed by atoms with Gasteiger partial charge in [0.2, 0.25) is 0 Å². The molecule has 6 heteroatoms. The third kappa shape index (κ3) is 3.31. The lowest BCUT2D eigenvalue weighted by Gasteiger charge is -2.23. The van der Waals surface area contributed by atoms with Crippen LogP contribution in [0.5, 0.6) is 5.75 Å². The van der Waals surface area contributed by atoms with Crippen LogP contribution in [0.1, 0.15) is 18.9 Å². The zero-order chi connectivity index (χ0) is 15.4. The number of hydrogen-bond donors (Lipinski definition) is 1. The van der Waals surface area contributed by atoms with Gasteiger partial charge in [-0.2, -0.15) is 5.26 Å². The van der Waals surface area contributed by atoms with Crippen molar-refractivity contribution in [2.24, 2.45) is 5.92 Å². The molecular formula is C15H16N2O4. The number of benzene rings is 1. The Morgan fingerprint density at radius 3 is 2.62 bits per heavy atom. The summed E-state index contributed by atoms with van der Waals surface area (Å²) in [6.45, 7) is 2.04. The van der Waals surface area contributed by atoms with Crippen LogP contribution >= 0.6 is 0 Å². The molecule has 2 atom stereocenters. The molecule has 1 aliphatic rings. The fourth-order valence-electron chi connectivity index (χ4n) is 2.48. The molecule has 0 bridgehead atoms. The van der Waals surface area contributed by atoms with E-state index >= 15 is 0 Å². The van der Waals surface area contributed by atoms with Gasteiger partial charge >= 0.3 is 5.97 Å². The largest absolute Gasteiger partial charge is 0.484 e. The first-order chi connectivity index (χ1) is 10.0. The number of carboxylic acid groups (broad SMARTS) is 1. The van der Waals surface area contributed by atoms with Crippen molar-refractivity contribution in [3.8, 4) is 11.8 Å². The van der Waals surface area contributed by atoms with Gasteiger partial charge in [-0.05, 0) is 37.6 Å². The lowest BCUT2D eigenvalue weighted by Crippen LogP contribution is -2.40. The zero-order valence-corrected chi connectivity index (χ0v) is 11.7. The highest BCUT2D eigenvalue weighted by molar-refractivity contribution is 5.80. The van der Waals surface area contributed by atoms with Crippen LogP contribution in [-0.4, -0.2) is 41.1 Å². The third-order valence-electron chi connectivity index (χ3n) is 3.74. The molecule has 1 N–H and O–H groups in total. The van der Waals surface area contributed by atoms with Gasteiger partial charge in [-0.1, -0.05) is 0 Å². The molecule has 1 aromatic rings. The third-order valence-corrected chi connectivity index (χ3v) is 3.74. The quantitative estimate of drug-likeness (QED) is 0.900. The minimum absolute atomic E-state index is 0.136. The maximum Gasteiger partial charge on any atom is 0.308 e. The van der Waals surface area contributed by atoms with Crippen molar-refractivity contribution >= 4 is 11.9 Å². The molecule has 0 radical (unpaired) electrons. The zero-order valence-electron chi connectivity index (χ0n) is 11.7. The molecule has 6 nitrogen and oxygen atoms in total. The first kappa shape index (κ1) is 14.9. The summed E-state index contributed by atoms with van der Waals surface area (Å²) in [7, 11) is 0. The second kappa shape index (κ2) is 6.27. The summed E-state index contributed by atoms with van der Waals surface area (Å²) in [6.07, 6.45) is 0.471. The van der Waals surface area contributed by atoms with Crippen molar-refractivity contribution < 1.29 is 19.4 Å². The Morgan fingerprint density at radius 2 is 2.10 bits per heavy atom. The van der Waals surface area contributed by atoms with Crippen molar-refractivity contribution in [3.63, 3.8) is 0 Å². The lowest BCUT2D eigenvalue weighted by atomic mass is 10.0. The highest BCUT2D eigenvalue weighted by atomic mass is 16.5. The Morgan fingerprint density at radius 1 is 1.43 bits per heavy atom. The Bertz CT molecular complexity index is 576. The minimum atomic E-state index is -0.870. The van der Waals surface area contributed by atoms with Gasteiger partial charge in [0, 0.05) is 12.6 Å². The predicted molar refractivity (Wildman–Crippen MR) is 73.6 cm³/mol. The van der Waals surface area contributed by atoms with E-state index in [1.165, 1.54) is 0 Å². The van der Waals surface area contributed by atoms with Gasteiger partial charge in [-0.15, -0.1) is 0 Å². The van der Waals surface area contributed by atoms with Crippen LogP contribution in [0.2, 0.25) is 0 Å². The summed E-state index contributed by atoms with van der Waals surface area (Å²) in [6, 6.07) is 8.15. The molecule has 0 aromatic heterocycles. The maximum absolute atomic E-state index is 12.1. The average Bonchev–Trinajstić information content (AvgIpc) is 2.87. The molecular weight excluding hydrogens is 272 g/mol. The number of carboxylic acids is 1. The van der Waals surface area contributed by atoms with Crippen LogP contribution in [0.25, 0.3) is 0 Å². The maximum atomic E-state index is 12.1. The molecule has 0 saturated carbocycles. The summed E-state index contributed by atoms with van der Waals surface area (Å²) in [5.74, 6) is -1.10. The highest BCUT2D eigenvalue weighted by Gasteiger charge is 2.38. The van der Waals surface area contributed by atoms with Crippen LogP contribution in [0.4, 0.5) is 0 Å². The van der Waals surface area contributed by atoms with E-state index in [0.717, 1.165) is 0 Å². The van der Waals surface area contributed by atoms with Crippen molar-refractivity contribution in [1.29, 1.82) is 5.26 Å². The van der Waals surface area contributed by atoms with Gasteiger partial charge in [0.25, 0.3) is 5.91 Å². The number of hydrogen-bond acceptors (Lipinski definition) is 4. The summed E-state index contributed by atoms with van der Waals surface area (Å²) >= 11 is 0. The number of aliphatic carboxylic acids is 1. The van der Waals surface area contributed by atoms with Crippen LogP contribution in [-0.2, 0) is 9.59 Å². The molecule has 110 valence electrons. The standard InChI is InChI=1S/C15H16N2O4/c1-10-13(15(19)20)6-7-17(10)14(18)9-21-12-4-2-11(8-16)3-5-12/h2-5,10,13H,6-7,9H2,1H3,(H,19,20).